The lowest BCUT2D eigenvalue weighted by molar-refractivity contribution is -0.0500. The van der Waals surface area contributed by atoms with Crippen LogP contribution in [0.25, 0.3) is 44.5 Å². The van der Waals surface area contributed by atoms with Crippen LogP contribution in [0, 0.1) is 0 Å². The molecule has 0 radical (unpaired) electrons. The third-order valence-corrected chi connectivity index (χ3v) is 7.02. The number of hydrogen-bond acceptors (Lipinski definition) is 3. The van der Waals surface area contributed by atoms with Crippen LogP contribution in [0.5, 0.6) is 5.75 Å². The van der Waals surface area contributed by atoms with Crippen LogP contribution in [0.2, 0.25) is 0 Å². The Morgan fingerprint density at radius 2 is 0.816 bits per heavy atom. The van der Waals surface area contributed by atoms with E-state index in [0.717, 1.165) is 22.3 Å². The molecular formula is C31H21F3O3S. The lowest BCUT2D eigenvalue weighted by Gasteiger charge is -2.17. The van der Waals surface area contributed by atoms with E-state index in [9.17, 15) is 21.6 Å². The monoisotopic (exact) mass is 530 g/mol. The number of halogens is 3. The second kappa shape index (κ2) is 10.2. The van der Waals surface area contributed by atoms with Crippen molar-refractivity contribution < 1.29 is 25.8 Å². The molecule has 0 saturated carbocycles. The molecule has 0 bridgehead atoms. The number of benzene rings is 5. The fourth-order valence-electron chi connectivity index (χ4n) is 4.34. The smallest absolute Gasteiger partial charge is 0.376 e. The zero-order valence-corrected chi connectivity index (χ0v) is 20.7. The summed E-state index contributed by atoms with van der Waals surface area (Å²) in [6.45, 7) is 0. The summed E-state index contributed by atoms with van der Waals surface area (Å²) in [6.07, 6.45) is 0. The van der Waals surface area contributed by atoms with Crippen molar-refractivity contribution in [2.45, 2.75) is 5.51 Å². The number of hydrogen-bond donors (Lipinski definition) is 0. The Labute approximate surface area is 218 Å². The predicted octanol–water partition coefficient (Wildman–Crippen LogP) is 8.58. The lowest BCUT2D eigenvalue weighted by Crippen LogP contribution is -2.28. The molecule has 0 aliphatic rings. The Balaban J connectivity index is 1.74. The standard InChI is InChI=1S/C31H21F3O3S/c32-31(33,34)38(35,36)37-26-20-24(29-17-9-7-15-27(29)22-11-3-1-4-12-22)19-25(21-26)30-18-10-8-16-28(30)23-13-5-2-6-14-23/h1-21H. The van der Waals surface area contributed by atoms with Crippen LogP contribution in [0.15, 0.2) is 127 Å². The van der Waals surface area contributed by atoms with Crippen LogP contribution < -0.4 is 4.18 Å². The third-order valence-electron chi connectivity index (χ3n) is 6.04. The van der Waals surface area contributed by atoms with Crippen LogP contribution in [0.4, 0.5) is 13.2 Å². The van der Waals surface area contributed by atoms with Gasteiger partial charge in [-0.3, -0.25) is 0 Å². The molecule has 0 aliphatic carbocycles. The first-order valence-corrected chi connectivity index (χ1v) is 13.1. The highest BCUT2D eigenvalue weighted by atomic mass is 32.2. The fourth-order valence-corrected chi connectivity index (χ4v) is 4.78. The molecule has 0 fully saturated rings. The highest BCUT2D eigenvalue weighted by molar-refractivity contribution is 7.88. The summed E-state index contributed by atoms with van der Waals surface area (Å²) in [5.41, 5.74) is 0.380. The van der Waals surface area contributed by atoms with Crippen LogP contribution >= 0.6 is 0 Å². The van der Waals surface area contributed by atoms with Crippen molar-refractivity contribution in [2.75, 3.05) is 0 Å². The van der Waals surface area contributed by atoms with E-state index < -0.39 is 21.4 Å². The summed E-state index contributed by atoms with van der Waals surface area (Å²) >= 11 is 0. The molecular weight excluding hydrogens is 509 g/mol. The van der Waals surface area contributed by atoms with Crippen LogP contribution in [-0.2, 0) is 10.1 Å². The Morgan fingerprint density at radius 3 is 1.18 bits per heavy atom. The molecule has 0 N–H and O–H groups in total. The van der Waals surface area contributed by atoms with Crippen molar-refractivity contribution in [3.8, 4) is 50.3 Å². The van der Waals surface area contributed by atoms with Gasteiger partial charge < -0.3 is 4.18 Å². The van der Waals surface area contributed by atoms with Gasteiger partial charge in [0.15, 0.2) is 0 Å². The predicted molar refractivity (Wildman–Crippen MR) is 144 cm³/mol. The normalized spacial score (nSPS) is 11.8. The van der Waals surface area contributed by atoms with Crippen molar-refractivity contribution in [1.82, 2.24) is 0 Å². The van der Waals surface area contributed by atoms with E-state index in [-0.39, 0.29) is 0 Å². The van der Waals surface area contributed by atoms with Gasteiger partial charge in [-0.25, -0.2) is 0 Å². The van der Waals surface area contributed by atoms with Crippen LogP contribution in [0.1, 0.15) is 0 Å². The first kappa shape index (κ1) is 25.3. The molecule has 0 amide bonds. The Hall–Kier alpha value is -4.36. The van der Waals surface area contributed by atoms with Crippen molar-refractivity contribution >= 4 is 10.1 Å². The van der Waals surface area contributed by atoms with E-state index >= 15 is 0 Å². The molecule has 38 heavy (non-hydrogen) atoms. The Bertz CT molecular complexity index is 1580. The zero-order valence-electron chi connectivity index (χ0n) is 19.9. The maximum absolute atomic E-state index is 13.2. The topological polar surface area (TPSA) is 43.4 Å². The molecule has 0 aliphatic heterocycles. The molecule has 0 spiro atoms. The summed E-state index contributed by atoms with van der Waals surface area (Å²) in [5.74, 6) is -0.430. The largest absolute Gasteiger partial charge is 0.534 e. The molecule has 0 unspecified atom stereocenters. The minimum Gasteiger partial charge on any atom is -0.376 e. The lowest BCUT2D eigenvalue weighted by atomic mass is 9.90. The van der Waals surface area contributed by atoms with Gasteiger partial charge in [0.05, 0.1) is 0 Å². The average molecular weight is 531 g/mol. The molecule has 5 aromatic rings. The second-order valence-electron chi connectivity index (χ2n) is 8.55. The van der Waals surface area contributed by atoms with Crippen molar-refractivity contribution in [1.29, 1.82) is 0 Å². The van der Waals surface area contributed by atoms with Crippen molar-refractivity contribution in [3.63, 3.8) is 0 Å². The first-order valence-electron chi connectivity index (χ1n) is 11.7. The van der Waals surface area contributed by atoms with Crippen molar-refractivity contribution in [3.05, 3.63) is 127 Å². The molecule has 0 saturated heterocycles. The summed E-state index contributed by atoms with van der Waals surface area (Å²) in [4.78, 5) is 0. The van der Waals surface area contributed by atoms with E-state index in [2.05, 4.69) is 4.18 Å². The molecule has 7 heteroatoms. The highest BCUT2D eigenvalue weighted by Gasteiger charge is 2.48. The van der Waals surface area contributed by atoms with E-state index in [4.69, 9.17) is 0 Å². The zero-order chi connectivity index (χ0) is 26.8. The van der Waals surface area contributed by atoms with Gasteiger partial charge in [0.2, 0.25) is 0 Å². The quantitative estimate of drug-likeness (QED) is 0.163. The Kier molecular flexibility index (Phi) is 6.78. The summed E-state index contributed by atoms with van der Waals surface area (Å²) in [7, 11) is -5.87. The maximum atomic E-state index is 13.2. The average Bonchev–Trinajstić information content (AvgIpc) is 2.93. The molecule has 190 valence electrons. The summed E-state index contributed by atoms with van der Waals surface area (Å²) in [5, 5.41) is 0. The van der Waals surface area contributed by atoms with Gasteiger partial charge in [0.1, 0.15) is 5.75 Å². The molecule has 0 atom stereocenters. The molecule has 5 rings (SSSR count). The SMILES string of the molecule is O=S(=O)(Oc1cc(-c2ccccc2-c2ccccc2)cc(-c2ccccc2-c2ccccc2)c1)C(F)(F)F. The van der Waals surface area contributed by atoms with Gasteiger partial charge in [-0.1, -0.05) is 109 Å². The van der Waals surface area contributed by atoms with Crippen LogP contribution in [-0.4, -0.2) is 13.9 Å². The van der Waals surface area contributed by atoms with Crippen LogP contribution in [0.3, 0.4) is 0 Å². The summed E-state index contributed by atoms with van der Waals surface area (Å²) in [6, 6.07) is 38.4. The minimum atomic E-state index is -5.87. The van der Waals surface area contributed by atoms with Gasteiger partial charge in [0.25, 0.3) is 0 Å². The first-order chi connectivity index (χ1) is 18.2. The van der Waals surface area contributed by atoms with E-state index in [1.165, 1.54) is 12.1 Å². The van der Waals surface area contributed by atoms with Crippen molar-refractivity contribution in [2.24, 2.45) is 0 Å². The third kappa shape index (κ3) is 5.19. The molecule has 5 aromatic carbocycles. The fraction of sp³-hybridized carbons (Fsp3) is 0.0323. The Morgan fingerprint density at radius 1 is 0.474 bits per heavy atom. The van der Waals surface area contributed by atoms with Gasteiger partial charge in [0, 0.05) is 0 Å². The molecule has 0 heterocycles. The second-order valence-corrected chi connectivity index (χ2v) is 10.1. The van der Waals surface area contributed by atoms with Gasteiger partial charge in [-0.05, 0) is 62.7 Å². The van der Waals surface area contributed by atoms with E-state index in [1.54, 1.807) is 0 Å². The van der Waals surface area contributed by atoms with E-state index in [1.807, 2.05) is 115 Å². The summed E-state index contributed by atoms with van der Waals surface area (Å²) < 4.78 is 68.2. The van der Waals surface area contributed by atoms with E-state index in [0.29, 0.717) is 22.3 Å². The number of rotatable bonds is 6. The van der Waals surface area contributed by atoms with Gasteiger partial charge >= 0.3 is 15.6 Å². The van der Waals surface area contributed by atoms with Gasteiger partial charge in [-0.15, -0.1) is 0 Å². The van der Waals surface area contributed by atoms with Gasteiger partial charge in [-0.2, -0.15) is 21.6 Å². The maximum Gasteiger partial charge on any atom is 0.534 e. The minimum absolute atomic E-state index is 0.430. The molecule has 3 nitrogen and oxygen atoms in total. The molecule has 0 aromatic heterocycles. The highest BCUT2D eigenvalue weighted by Crippen LogP contribution is 2.40. The number of alkyl halides is 3.